The topological polar surface area (TPSA) is 64.8 Å². The fourth-order valence-corrected chi connectivity index (χ4v) is 4.01. The quantitative estimate of drug-likeness (QED) is 0.670. The predicted octanol–water partition coefficient (Wildman–Crippen LogP) is 3.60. The first-order valence-corrected chi connectivity index (χ1v) is 9.93. The summed E-state index contributed by atoms with van der Waals surface area (Å²) >= 11 is 1.86. The van der Waals surface area contributed by atoms with Gasteiger partial charge in [0, 0.05) is 41.4 Å². The second-order valence-corrected chi connectivity index (χ2v) is 7.41. The molecule has 0 saturated carbocycles. The van der Waals surface area contributed by atoms with Gasteiger partial charge in [-0.05, 0) is 12.1 Å². The van der Waals surface area contributed by atoms with E-state index < -0.39 is 0 Å². The Balaban J connectivity index is 1.48. The van der Waals surface area contributed by atoms with Crippen LogP contribution >= 0.6 is 11.8 Å². The van der Waals surface area contributed by atoms with E-state index in [0.29, 0.717) is 11.5 Å². The van der Waals surface area contributed by atoms with Crippen molar-refractivity contribution in [3.05, 3.63) is 53.9 Å². The smallest absolute Gasteiger partial charge is 0.276 e. The van der Waals surface area contributed by atoms with Crippen LogP contribution < -0.4 is 9.47 Å². The molecule has 0 unspecified atom stereocenters. The van der Waals surface area contributed by atoms with Gasteiger partial charge in [0.1, 0.15) is 18.1 Å². The van der Waals surface area contributed by atoms with Crippen molar-refractivity contribution in [1.29, 1.82) is 0 Å². The molecule has 0 aliphatic carbocycles. The summed E-state index contributed by atoms with van der Waals surface area (Å²) in [6.07, 6.45) is 0. The first kappa shape index (κ1) is 17.7. The molecule has 1 aromatic heterocycles. The number of nitrogens with zero attached hydrogens (tertiary/aromatic N) is 2. The normalized spacial score (nSPS) is 14.3. The van der Waals surface area contributed by atoms with Gasteiger partial charge in [-0.1, -0.05) is 29.4 Å². The van der Waals surface area contributed by atoms with E-state index in [9.17, 15) is 4.79 Å². The van der Waals surface area contributed by atoms with Gasteiger partial charge in [-0.3, -0.25) is 4.79 Å². The monoisotopic (exact) mass is 384 g/mol. The van der Waals surface area contributed by atoms with E-state index in [-0.39, 0.29) is 12.5 Å². The maximum Gasteiger partial charge on any atom is 0.276 e. The fourth-order valence-electron chi connectivity index (χ4n) is 3.11. The molecule has 6 nitrogen and oxygen atoms in total. The zero-order chi connectivity index (χ0) is 18.6. The van der Waals surface area contributed by atoms with Crippen molar-refractivity contribution in [3.63, 3.8) is 0 Å². The molecule has 7 heteroatoms. The number of benzene rings is 2. The van der Waals surface area contributed by atoms with Crippen molar-refractivity contribution in [1.82, 2.24) is 10.1 Å². The summed E-state index contributed by atoms with van der Waals surface area (Å²) in [5, 5.41) is 5.86. The molecule has 0 spiro atoms. The molecule has 4 rings (SSSR count). The Hall–Kier alpha value is -2.67. The van der Waals surface area contributed by atoms with Crippen LogP contribution in [0.15, 0.2) is 47.0 Å². The van der Waals surface area contributed by atoms with E-state index in [1.807, 2.05) is 53.1 Å². The number of methoxy groups -OCH3 is 1. The van der Waals surface area contributed by atoms with Crippen LogP contribution in [0.4, 0.5) is 0 Å². The molecule has 1 fully saturated rings. The molecule has 0 atom stereocenters. The largest absolute Gasteiger partial charge is 0.496 e. The molecule has 0 N–H and O–H groups in total. The Morgan fingerprint density at radius 3 is 2.59 bits per heavy atom. The Morgan fingerprint density at radius 2 is 1.85 bits per heavy atom. The first-order valence-electron chi connectivity index (χ1n) is 8.77. The van der Waals surface area contributed by atoms with Crippen LogP contribution in [0.1, 0.15) is 16.2 Å². The van der Waals surface area contributed by atoms with Crippen LogP contribution in [0, 0.1) is 0 Å². The molecule has 2 aromatic carbocycles. The number of carbonyl (C=O) groups is 1. The van der Waals surface area contributed by atoms with E-state index in [4.69, 9.17) is 14.0 Å². The number of hydrogen-bond acceptors (Lipinski definition) is 6. The van der Waals surface area contributed by atoms with Gasteiger partial charge in [-0.2, -0.15) is 11.8 Å². The second-order valence-electron chi connectivity index (χ2n) is 6.18. The molecule has 1 saturated heterocycles. The predicted molar refractivity (Wildman–Crippen MR) is 105 cm³/mol. The number of fused-ring (bicyclic) bond motifs is 1. The van der Waals surface area contributed by atoms with Crippen LogP contribution in [-0.2, 0) is 6.61 Å². The van der Waals surface area contributed by atoms with E-state index in [2.05, 4.69) is 5.16 Å². The van der Waals surface area contributed by atoms with E-state index in [1.165, 1.54) is 0 Å². The highest BCUT2D eigenvalue weighted by Crippen LogP contribution is 2.33. The third-order valence-corrected chi connectivity index (χ3v) is 5.45. The molecule has 0 bridgehead atoms. The lowest BCUT2D eigenvalue weighted by atomic mass is 10.1. The number of carbonyl (C=O) groups excluding carboxylic acids is 1. The molecule has 0 radical (unpaired) electrons. The van der Waals surface area contributed by atoms with Gasteiger partial charge in [0.25, 0.3) is 5.91 Å². The summed E-state index contributed by atoms with van der Waals surface area (Å²) in [5.74, 6) is 3.88. The van der Waals surface area contributed by atoms with Crippen LogP contribution in [0.5, 0.6) is 11.5 Å². The number of thioether (sulfide) groups is 1. The van der Waals surface area contributed by atoms with Crippen molar-refractivity contribution >= 4 is 28.4 Å². The lowest BCUT2D eigenvalue weighted by molar-refractivity contribution is 0.0761. The number of rotatable bonds is 5. The molecular weight excluding hydrogens is 364 g/mol. The zero-order valence-electron chi connectivity index (χ0n) is 15.0. The summed E-state index contributed by atoms with van der Waals surface area (Å²) in [5.41, 5.74) is 0.333. The van der Waals surface area contributed by atoms with E-state index >= 15 is 0 Å². The minimum atomic E-state index is -0.0832. The molecular formula is C20H20N2O4S. The maximum absolute atomic E-state index is 12.5. The number of aromatic nitrogens is 1. The van der Waals surface area contributed by atoms with E-state index in [0.717, 1.165) is 46.9 Å². The van der Waals surface area contributed by atoms with Crippen molar-refractivity contribution in [2.45, 2.75) is 6.61 Å². The average molecular weight is 384 g/mol. The van der Waals surface area contributed by atoms with Gasteiger partial charge < -0.3 is 18.9 Å². The maximum atomic E-state index is 12.5. The number of ether oxygens (including phenoxy) is 2. The highest BCUT2D eigenvalue weighted by Gasteiger charge is 2.22. The van der Waals surface area contributed by atoms with Crippen molar-refractivity contribution in [2.75, 3.05) is 31.7 Å². The lowest BCUT2D eigenvalue weighted by Gasteiger charge is -2.25. The number of amides is 1. The van der Waals surface area contributed by atoms with Crippen LogP contribution in [0.2, 0.25) is 0 Å². The fraction of sp³-hybridized carbons (Fsp3) is 0.300. The van der Waals surface area contributed by atoms with Gasteiger partial charge in [-0.25, -0.2) is 0 Å². The van der Waals surface area contributed by atoms with Gasteiger partial charge in [0.2, 0.25) is 0 Å². The van der Waals surface area contributed by atoms with Crippen LogP contribution in [-0.4, -0.2) is 47.7 Å². The van der Waals surface area contributed by atoms with Gasteiger partial charge in [0.05, 0.1) is 7.11 Å². The molecule has 27 heavy (non-hydrogen) atoms. The van der Waals surface area contributed by atoms with Gasteiger partial charge >= 0.3 is 0 Å². The summed E-state index contributed by atoms with van der Waals surface area (Å²) in [6, 6.07) is 13.3. The second kappa shape index (κ2) is 7.92. The zero-order valence-corrected chi connectivity index (χ0v) is 15.8. The van der Waals surface area contributed by atoms with Crippen LogP contribution in [0.3, 0.4) is 0 Å². The molecule has 3 aromatic rings. The standard InChI is InChI=1S/C20H20N2O4S/c1-24-18-6-7-19(16-5-3-2-4-15(16)18)25-13-14-12-17(21-26-14)20(23)22-8-10-27-11-9-22/h2-7,12H,8-11,13H2,1H3. The third kappa shape index (κ3) is 3.73. The Morgan fingerprint density at radius 1 is 1.15 bits per heavy atom. The summed E-state index contributed by atoms with van der Waals surface area (Å²) in [4.78, 5) is 14.3. The molecule has 140 valence electrons. The highest BCUT2D eigenvalue weighted by atomic mass is 32.2. The van der Waals surface area contributed by atoms with Gasteiger partial charge in [-0.15, -0.1) is 0 Å². The minimum absolute atomic E-state index is 0.0832. The third-order valence-electron chi connectivity index (χ3n) is 4.51. The summed E-state index contributed by atoms with van der Waals surface area (Å²) < 4.78 is 16.6. The first-order chi connectivity index (χ1) is 13.3. The molecule has 1 aliphatic rings. The molecule has 2 heterocycles. The molecule has 1 aliphatic heterocycles. The van der Waals surface area contributed by atoms with Crippen LogP contribution in [0.25, 0.3) is 10.8 Å². The van der Waals surface area contributed by atoms with Gasteiger partial charge in [0.15, 0.2) is 11.5 Å². The minimum Gasteiger partial charge on any atom is -0.496 e. The summed E-state index contributed by atoms with van der Waals surface area (Å²) in [7, 11) is 1.65. The van der Waals surface area contributed by atoms with Crippen molar-refractivity contribution < 1.29 is 18.8 Å². The Labute approximate surface area is 161 Å². The Bertz CT molecular complexity index is 950. The van der Waals surface area contributed by atoms with E-state index in [1.54, 1.807) is 13.2 Å². The van der Waals surface area contributed by atoms with Crippen molar-refractivity contribution in [3.8, 4) is 11.5 Å². The SMILES string of the molecule is COc1ccc(OCc2cc(C(=O)N3CCSCC3)no2)c2ccccc12. The Kier molecular flexibility index (Phi) is 5.20. The highest BCUT2D eigenvalue weighted by molar-refractivity contribution is 7.99. The van der Waals surface area contributed by atoms with Crippen molar-refractivity contribution in [2.24, 2.45) is 0 Å². The lowest BCUT2D eigenvalue weighted by Crippen LogP contribution is -2.38. The molecule has 1 amide bonds. The average Bonchev–Trinajstić information content (AvgIpc) is 3.21. The summed E-state index contributed by atoms with van der Waals surface area (Å²) in [6.45, 7) is 1.70. The number of hydrogen-bond donors (Lipinski definition) is 0.